The summed E-state index contributed by atoms with van der Waals surface area (Å²) in [6.07, 6.45) is 0.985. The zero-order chi connectivity index (χ0) is 11.5. The van der Waals surface area contributed by atoms with Gasteiger partial charge in [0.2, 0.25) is 0 Å². The molecule has 1 aromatic carbocycles. The first-order chi connectivity index (χ1) is 6.92. The number of halogens is 4. The third kappa shape index (κ3) is 3.87. The molecule has 82 valence electrons. The molecule has 15 heavy (non-hydrogen) atoms. The Hall–Kier alpha value is -1.10. The van der Waals surface area contributed by atoms with Gasteiger partial charge in [0.1, 0.15) is 5.75 Å². The van der Waals surface area contributed by atoms with Crippen molar-refractivity contribution >= 4 is 24.7 Å². The van der Waals surface area contributed by atoms with Gasteiger partial charge < -0.3 is 17.7 Å². The van der Waals surface area contributed by atoms with Crippen LogP contribution in [0.25, 0.3) is 6.08 Å². The molecular weight excluding hydrogens is 227 g/mol. The van der Waals surface area contributed by atoms with Gasteiger partial charge in [-0.05, 0) is 17.7 Å². The highest BCUT2D eigenvalue weighted by Crippen LogP contribution is 2.26. The van der Waals surface area contributed by atoms with Crippen LogP contribution in [-0.4, -0.2) is 14.1 Å². The van der Waals surface area contributed by atoms with Crippen LogP contribution in [0.1, 0.15) is 5.56 Å². The minimum absolute atomic E-state index is 0.225. The Kier molecular flexibility index (Phi) is 3.69. The largest absolute Gasteiger partial charge is 0.502 e. The average Bonchev–Trinajstić information content (AvgIpc) is 2.15. The summed E-state index contributed by atoms with van der Waals surface area (Å²) in [5, 5.41) is 0.368. The number of hydrogen-bond acceptors (Lipinski definition) is 1. The van der Waals surface area contributed by atoms with E-state index in [4.69, 9.17) is 16.3 Å². The van der Waals surface area contributed by atoms with Gasteiger partial charge in [0, 0.05) is 0 Å². The molecule has 0 N–H and O–H groups in total. The summed E-state index contributed by atoms with van der Waals surface area (Å²) in [5.74, 6) is 0.580. The van der Waals surface area contributed by atoms with E-state index in [0.717, 1.165) is 6.08 Å². The Morgan fingerprint density at radius 1 is 1.33 bits per heavy atom. The van der Waals surface area contributed by atoms with E-state index in [1.54, 1.807) is 0 Å². The van der Waals surface area contributed by atoms with Gasteiger partial charge in [-0.3, -0.25) is 0 Å². The minimum Gasteiger partial charge on any atom is -0.495 e. The first-order valence-electron chi connectivity index (χ1n) is 4.15. The quantitative estimate of drug-likeness (QED) is 0.725. The summed E-state index contributed by atoms with van der Waals surface area (Å²) in [7, 11) is 1.41. The van der Waals surface area contributed by atoms with Gasteiger partial charge in [-0.25, -0.2) is 0 Å². The fraction of sp³-hybridized carbons (Fsp3) is 0.111. The van der Waals surface area contributed by atoms with Gasteiger partial charge in [0.15, 0.2) is 0 Å². The Balaban J connectivity index is 2.93. The van der Waals surface area contributed by atoms with Crippen molar-refractivity contribution < 1.29 is 17.7 Å². The molecule has 0 saturated carbocycles. The molecule has 6 heteroatoms. The van der Waals surface area contributed by atoms with Gasteiger partial charge in [-0.2, -0.15) is 0 Å². The highest BCUT2D eigenvalue weighted by molar-refractivity contribution is 6.64. The molecule has 0 spiro atoms. The number of benzene rings is 1. The molecule has 0 amide bonds. The average molecular weight is 235 g/mol. The first-order valence-corrected chi connectivity index (χ1v) is 4.53. The molecular formula is C9H8BClF3O-. The molecule has 1 nitrogen and oxygen atoms in total. The van der Waals surface area contributed by atoms with E-state index in [1.807, 2.05) is 0 Å². The molecule has 1 rings (SSSR count). The molecule has 0 radical (unpaired) electrons. The molecule has 1 aromatic rings. The zero-order valence-corrected chi connectivity index (χ0v) is 8.64. The van der Waals surface area contributed by atoms with E-state index >= 15 is 0 Å². The number of ether oxygens (including phenoxy) is 1. The molecule has 0 unspecified atom stereocenters. The van der Waals surface area contributed by atoms with Crippen molar-refractivity contribution in [2.24, 2.45) is 0 Å². The topological polar surface area (TPSA) is 9.23 Å². The molecule has 0 aliphatic carbocycles. The summed E-state index contributed by atoms with van der Waals surface area (Å²) in [5.41, 5.74) is 0.399. The van der Waals surface area contributed by atoms with Gasteiger partial charge >= 0.3 is 6.98 Å². The van der Waals surface area contributed by atoms with Crippen molar-refractivity contribution in [3.05, 3.63) is 34.8 Å². The lowest BCUT2D eigenvalue weighted by Crippen LogP contribution is -2.09. The van der Waals surface area contributed by atoms with Crippen LogP contribution in [-0.2, 0) is 0 Å². The summed E-state index contributed by atoms with van der Waals surface area (Å²) >= 11 is 5.72. The van der Waals surface area contributed by atoms with Crippen LogP contribution in [0.2, 0.25) is 5.02 Å². The lowest BCUT2D eigenvalue weighted by Gasteiger charge is -2.07. The molecule has 0 aliphatic rings. The predicted molar refractivity (Wildman–Crippen MR) is 56.1 cm³/mol. The van der Waals surface area contributed by atoms with E-state index in [2.05, 4.69) is 0 Å². The molecule has 0 aliphatic heterocycles. The van der Waals surface area contributed by atoms with Crippen LogP contribution in [0.5, 0.6) is 5.75 Å². The summed E-state index contributed by atoms with van der Waals surface area (Å²) < 4.78 is 40.6. The smallest absolute Gasteiger partial charge is 0.495 e. The second-order valence-corrected chi connectivity index (χ2v) is 3.29. The van der Waals surface area contributed by atoms with E-state index in [0.29, 0.717) is 16.3 Å². The minimum atomic E-state index is -4.91. The molecule has 0 aromatic heterocycles. The fourth-order valence-corrected chi connectivity index (χ4v) is 1.19. The van der Waals surface area contributed by atoms with E-state index in [9.17, 15) is 12.9 Å². The number of rotatable bonds is 3. The van der Waals surface area contributed by atoms with Crippen LogP contribution in [0.4, 0.5) is 12.9 Å². The molecule has 0 heterocycles. The Morgan fingerprint density at radius 2 is 2.00 bits per heavy atom. The van der Waals surface area contributed by atoms with Crippen molar-refractivity contribution in [3.63, 3.8) is 0 Å². The highest BCUT2D eigenvalue weighted by Gasteiger charge is 2.17. The van der Waals surface area contributed by atoms with Crippen LogP contribution in [0.15, 0.2) is 24.2 Å². The van der Waals surface area contributed by atoms with Crippen molar-refractivity contribution in [1.82, 2.24) is 0 Å². The second kappa shape index (κ2) is 4.62. The van der Waals surface area contributed by atoms with E-state index < -0.39 is 6.98 Å². The summed E-state index contributed by atoms with van der Waals surface area (Å²) in [6, 6.07) is 4.42. The molecule has 0 fully saturated rings. The summed E-state index contributed by atoms with van der Waals surface area (Å²) in [6.45, 7) is -4.91. The maximum Gasteiger partial charge on any atom is 0.502 e. The van der Waals surface area contributed by atoms with Gasteiger partial charge in [-0.1, -0.05) is 23.7 Å². The lowest BCUT2D eigenvalue weighted by molar-refractivity contribution is 0.415. The molecule has 0 saturated heterocycles. The zero-order valence-electron chi connectivity index (χ0n) is 7.88. The number of methoxy groups -OCH3 is 1. The van der Waals surface area contributed by atoms with Crippen LogP contribution >= 0.6 is 11.6 Å². The molecule has 0 bridgehead atoms. The Bertz CT molecular complexity index is 376. The van der Waals surface area contributed by atoms with Crippen molar-refractivity contribution in [1.29, 1.82) is 0 Å². The highest BCUT2D eigenvalue weighted by atomic mass is 35.5. The predicted octanol–water partition coefficient (Wildman–Crippen LogP) is 3.75. The third-order valence-corrected chi connectivity index (χ3v) is 1.99. The van der Waals surface area contributed by atoms with Gasteiger partial charge in [0.25, 0.3) is 0 Å². The SMILES string of the molecule is COc1cc(/C=C/[B-](F)(F)F)ccc1Cl. The Labute approximate surface area is 90.6 Å². The first kappa shape index (κ1) is 12.0. The molecule has 0 atom stereocenters. The lowest BCUT2D eigenvalue weighted by atomic mass is 9.90. The van der Waals surface area contributed by atoms with Crippen molar-refractivity contribution in [2.45, 2.75) is 0 Å². The van der Waals surface area contributed by atoms with Crippen molar-refractivity contribution in [2.75, 3.05) is 7.11 Å². The van der Waals surface area contributed by atoms with E-state index in [1.165, 1.54) is 25.3 Å². The van der Waals surface area contributed by atoms with Crippen LogP contribution in [0, 0.1) is 0 Å². The fourth-order valence-electron chi connectivity index (χ4n) is 1.00. The van der Waals surface area contributed by atoms with Crippen LogP contribution < -0.4 is 4.74 Å². The third-order valence-electron chi connectivity index (χ3n) is 1.68. The maximum absolute atomic E-state index is 11.9. The van der Waals surface area contributed by atoms with Gasteiger partial charge in [-0.15, -0.1) is 5.98 Å². The van der Waals surface area contributed by atoms with Gasteiger partial charge in [0.05, 0.1) is 12.1 Å². The maximum atomic E-state index is 11.9. The van der Waals surface area contributed by atoms with E-state index in [-0.39, 0.29) is 5.98 Å². The normalized spacial score (nSPS) is 12.1. The summed E-state index contributed by atoms with van der Waals surface area (Å²) in [4.78, 5) is 0. The van der Waals surface area contributed by atoms with Crippen molar-refractivity contribution in [3.8, 4) is 5.75 Å². The standard InChI is InChI=1S/C9H8BClF3O/c1-15-9-6-7(2-3-8(9)11)4-5-10(12,13)14/h2-6H,1H3/q-1/b5-4+. The Morgan fingerprint density at radius 3 is 2.53 bits per heavy atom. The second-order valence-electron chi connectivity index (χ2n) is 2.88. The number of hydrogen-bond donors (Lipinski definition) is 0. The monoisotopic (exact) mass is 235 g/mol. The van der Waals surface area contributed by atoms with Crippen LogP contribution in [0.3, 0.4) is 0 Å².